The van der Waals surface area contributed by atoms with Crippen LogP contribution < -0.4 is 5.32 Å². The first kappa shape index (κ1) is 11.7. The van der Waals surface area contributed by atoms with E-state index in [9.17, 15) is 0 Å². The summed E-state index contributed by atoms with van der Waals surface area (Å²) in [7, 11) is 0. The molecule has 0 radical (unpaired) electrons. The number of anilines is 1. The molecule has 1 aliphatic heterocycles. The summed E-state index contributed by atoms with van der Waals surface area (Å²) in [4.78, 5) is 2.49. The molecule has 1 aliphatic rings. The number of hydrogen-bond acceptors (Lipinski definition) is 5. The predicted octanol–water partition coefficient (Wildman–Crippen LogP) is 1.25. The lowest BCUT2D eigenvalue weighted by atomic mass is 10.4. The molecule has 0 aromatic carbocycles. The molecular weight excluding hydrogens is 220 g/mol. The average molecular weight is 238 g/mol. The Balaban J connectivity index is 1.69. The van der Waals surface area contributed by atoms with E-state index in [0.29, 0.717) is 0 Å². The molecule has 1 saturated heterocycles. The Morgan fingerprint density at radius 2 is 2.12 bits per heavy atom. The molecule has 0 bridgehead atoms. The van der Waals surface area contributed by atoms with Crippen molar-refractivity contribution in [2.45, 2.75) is 6.92 Å². The largest absolute Gasteiger partial charge is 0.367 e. The highest BCUT2D eigenvalue weighted by Crippen LogP contribution is 2.08. The smallest absolute Gasteiger partial charge is 0.148 e. The van der Waals surface area contributed by atoms with Crippen LogP contribution in [0.1, 0.15) is 5.69 Å². The molecule has 0 amide bonds. The van der Waals surface area contributed by atoms with Crippen LogP contribution in [-0.4, -0.2) is 52.8 Å². The Hall–Kier alpha value is -0.810. The standard InChI is InChI=1S/C11H18N4S/c1-10-2-3-11(14-13-10)12-4-5-15-6-8-16-9-7-15/h2-3H,4-9H2,1H3,(H,12,14). The van der Waals surface area contributed by atoms with E-state index in [0.717, 1.165) is 24.6 Å². The second-order valence-electron chi connectivity index (χ2n) is 3.94. The summed E-state index contributed by atoms with van der Waals surface area (Å²) in [5.74, 6) is 3.41. The molecule has 1 fully saturated rings. The number of thioether (sulfide) groups is 1. The zero-order valence-electron chi connectivity index (χ0n) is 9.65. The fourth-order valence-corrected chi connectivity index (χ4v) is 2.64. The van der Waals surface area contributed by atoms with Crippen LogP contribution in [0.15, 0.2) is 12.1 Å². The van der Waals surface area contributed by atoms with Crippen molar-refractivity contribution in [1.29, 1.82) is 0 Å². The number of nitrogens with zero attached hydrogens (tertiary/aromatic N) is 3. The van der Waals surface area contributed by atoms with Crippen molar-refractivity contribution in [2.24, 2.45) is 0 Å². The van der Waals surface area contributed by atoms with Crippen LogP contribution in [-0.2, 0) is 0 Å². The number of nitrogens with one attached hydrogen (secondary N) is 1. The lowest BCUT2D eigenvalue weighted by molar-refractivity contribution is 0.314. The lowest BCUT2D eigenvalue weighted by Crippen LogP contribution is -2.36. The second-order valence-corrected chi connectivity index (χ2v) is 5.17. The molecular formula is C11H18N4S. The first-order chi connectivity index (χ1) is 7.84. The Labute approximate surface area is 101 Å². The zero-order valence-corrected chi connectivity index (χ0v) is 10.5. The van der Waals surface area contributed by atoms with Crippen LogP contribution >= 0.6 is 11.8 Å². The summed E-state index contributed by atoms with van der Waals surface area (Å²) >= 11 is 2.05. The Bertz CT molecular complexity index is 308. The number of aryl methyl sites for hydroxylation is 1. The summed E-state index contributed by atoms with van der Waals surface area (Å²) in [6, 6.07) is 3.96. The minimum Gasteiger partial charge on any atom is -0.367 e. The van der Waals surface area contributed by atoms with Gasteiger partial charge in [0.05, 0.1) is 5.69 Å². The average Bonchev–Trinajstić information content (AvgIpc) is 2.33. The molecule has 0 spiro atoms. The Morgan fingerprint density at radius 3 is 2.81 bits per heavy atom. The molecule has 0 saturated carbocycles. The third-order valence-corrected chi connectivity index (χ3v) is 3.58. The third-order valence-electron chi connectivity index (χ3n) is 2.64. The highest BCUT2D eigenvalue weighted by atomic mass is 32.2. The second kappa shape index (κ2) is 6.06. The first-order valence-corrected chi connectivity index (χ1v) is 6.84. The Morgan fingerprint density at radius 1 is 1.31 bits per heavy atom. The fraction of sp³-hybridized carbons (Fsp3) is 0.636. The highest BCUT2D eigenvalue weighted by molar-refractivity contribution is 7.99. The van der Waals surface area contributed by atoms with Gasteiger partial charge < -0.3 is 5.32 Å². The van der Waals surface area contributed by atoms with Gasteiger partial charge in [0, 0.05) is 37.7 Å². The van der Waals surface area contributed by atoms with Gasteiger partial charge in [-0.05, 0) is 19.1 Å². The van der Waals surface area contributed by atoms with Crippen molar-refractivity contribution in [3.05, 3.63) is 17.8 Å². The van der Waals surface area contributed by atoms with Crippen molar-refractivity contribution in [2.75, 3.05) is 43.0 Å². The van der Waals surface area contributed by atoms with Gasteiger partial charge in [0.15, 0.2) is 0 Å². The normalized spacial score (nSPS) is 17.3. The van der Waals surface area contributed by atoms with E-state index in [4.69, 9.17) is 0 Å². The van der Waals surface area contributed by atoms with Crippen LogP contribution in [0, 0.1) is 6.92 Å². The summed E-state index contributed by atoms with van der Waals surface area (Å²) < 4.78 is 0. The van der Waals surface area contributed by atoms with Crippen molar-refractivity contribution in [3.63, 3.8) is 0 Å². The molecule has 1 aromatic heterocycles. The topological polar surface area (TPSA) is 41.0 Å². The van der Waals surface area contributed by atoms with Gasteiger partial charge in [-0.15, -0.1) is 5.10 Å². The van der Waals surface area contributed by atoms with Crippen molar-refractivity contribution in [3.8, 4) is 0 Å². The van der Waals surface area contributed by atoms with Gasteiger partial charge in [-0.2, -0.15) is 16.9 Å². The maximum Gasteiger partial charge on any atom is 0.148 e. The maximum absolute atomic E-state index is 4.08. The van der Waals surface area contributed by atoms with Gasteiger partial charge in [-0.3, -0.25) is 4.90 Å². The minimum atomic E-state index is 0.872. The van der Waals surface area contributed by atoms with E-state index >= 15 is 0 Å². The number of aromatic nitrogens is 2. The van der Waals surface area contributed by atoms with Crippen molar-refractivity contribution in [1.82, 2.24) is 15.1 Å². The van der Waals surface area contributed by atoms with E-state index < -0.39 is 0 Å². The molecule has 1 N–H and O–H groups in total. The number of rotatable bonds is 4. The summed E-state index contributed by atoms with van der Waals surface area (Å²) in [5.41, 5.74) is 0.957. The maximum atomic E-state index is 4.08. The molecule has 88 valence electrons. The van der Waals surface area contributed by atoms with Crippen molar-refractivity contribution < 1.29 is 0 Å². The molecule has 0 unspecified atom stereocenters. The first-order valence-electron chi connectivity index (χ1n) is 5.69. The molecule has 1 aromatic rings. The van der Waals surface area contributed by atoms with E-state index in [1.165, 1.54) is 24.6 Å². The molecule has 16 heavy (non-hydrogen) atoms. The van der Waals surface area contributed by atoms with E-state index in [-0.39, 0.29) is 0 Å². The molecule has 2 heterocycles. The molecule has 4 nitrogen and oxygen atoms in total. The molecule has 0 aliphatic carbocycles. The zero-order chi connectivity index (χ0) is 11.2. The lowest BCUT2D eigenvalue weighted by Gasteiger charge is -2.26. The van der Waals surface area contributed by atoms with Crippen LogP contribution in [0.2, 0.25) is 0 Å². The van der Waals surface area contributed by atoms with E-state index in [2.05, 4.69) is 20.4 Å². The molecule has 0 atom stereocenters. The van der Waals surface area contributed by atoms with Gasteiger partial charge in [-0.1, -0.05) is 0 Å². The summed E-state index contributed by atoms with van der Waals surface area (Å²) in [5, 5.41) is 11.4. The highest BCUT2D eigenvalue weighted by Gasteiger charge is 2.09. The van der Waals surface area contributed by atoms with Gasteiger partial charge >= 0.3 is 0 Å². The van der Waals surface area contributed by atoms with Crippen LogP contribution in [0.4, 0.5) is 5.82 Å². The van der Waals surface area contributed by atoms with Gasteiger partial charge in [0.1, 0.15) is 5.82 Å². The van der Waals surface area contributed by atoms with Crippen LogP contribution in [0.5, 0.6) is 0 Å². The van der Waals surface area contributed by atoms with Crippen molar-refractivity contribution >= 4 is 17.6 Å². The third kappa shape index (κ3) is 3.64. The molecule has 2 rings (SSSR count). The van der Waals surface area contributed by atoms with E-state index in [1.54, 1.807) is 0 Å². The monoisotopic (exact) mass is 238 g/mol. The summed E-state index contributed by atoms with van der Waals surface area (Å²) in [6.45, 7) is 6.42. The SMILES string of the molecule is Cc1ccc(NCCN2CCSCC2)nn1. The van der Waals surface area contributed by atoms with Gasteiger partial charge in [0.25, 0.3) is 0 Å². The van der Waals surface area contributed by atoms with Crippen LogP contribution in [0.25, 0.3) is 0 Å². The minimum absolute atomic E-state index is 0.872. The van der Waals surface area contributed by atoms with Gasteiger partial charge in [0.2, 0.25) is 0 Å². The predicted molar refractivity (Wildman–Crippen MR) is 69.0 cm³/mol. The number of hydrogen-bond donors (Lipinski definition) is 1. The molecule has 5 heteroatoms. The Kier molecular flexibility index (Phi) is 4.42. The van der Waals surface area contributed by atoms with E-state index in [1.807, 2.05) is 30.8 Å². The quantitative estimate of drug-likeness (QED) is 0.855. The fourth-order valence-electron chi connectivity index (χ4n) is 1.66. The summed E-state index contributed by atoms with van der Waals surface area (Å²) in [6.07, 6.45) is 0. The van der Waals surface area contributed by atoms with Crippen LogP contribution in [0.3, 0.4) is 0 Å². The van der Waals surface area contributed by atoms with Gasteiger partial charge in [-0.25, -0.2) is 0 Å².